The minimum atomic E-state index is 0.157. The molecule has 1 N–H and O–H groups in total. The number of hydrogen-bond acceptors (Lipinski definition) is 3. The molecule has 0 amide bonds. The van der Waals surface area contributed by atoms with E-state index in [0.717, 1.165) is 13.1 Å². The van der Waals surface area contributed by atoms with Gasteiger partial charge >= 0.3 is 0 Å². The van der Waals surface area contributed by atoms with Gasteiger partial charge in [-0.25, -0.2) is 0 Å². The van der Waals surface area contributed by atoms with Crippen molar-refractivity contribution in [2.45, 2.75) is 52.7 Å². The van der Waals surface area contributed by atoms with Crippen molar-refractivity contribution in [1.82, 2.24) is 5.32 Å². The van der Waals surface area contributed by atoms with Crippen LogP contribution in [0.15, 0.2) is 18.2 Å². The summed E-state index contributed by atoms with van der Waals surface area (Å²) in [6, 6.07) is 7.51. The smallest absolute Gasteiger partial charge is 0.0415 e. The van der Waals surface area contributed by atoms with Gasteiger partial charge in [-0.2, -0.15) is 11.8 Å². The van der Waals surface area contributed by atoms with Gasteiger partial charge in [0, 0.05) is 41.9 Å². The van der Waals surface area contributed by atoms with E-state index in [4.69, 9.17) is 0 Å². The molecule has 1 saturated heterocycles. The van der Waals surface area contributed by atoms with Crippen molar-refractivity contribution in [2.75, 3.05) is 23.0 Å². The van der Waals surface area contributed by atoms with E-state index < -0.39 is 0 Å². The molecule has 0 aliphatic carbocycles. The Balaban J connectivity index is 2.23. The summed E-state index contributed by atoms with van der Waals surface area (Å²) in [7, 11) is 0. The zero-order valence-corrected chi connectivity index (χ0v) is 14.3. The van der Waals surface area contributed by atoms with Gasteiger partial charge in [-0.3, -0.25) is 0 Å². The maximum absolute atomic E-state index is 3.63. The van der Waals surface area contributed by atoms with Crippen LogP contribution < -0.4 is 10.2 Å². The van der Waals surface area contributed by atoms with Gasteiger partial charge in [0.25, 0.3) is 0 Å². The molecule has 112 valence electrons. The van der Waals surface area contributed by atoms with E-state index in [-0.39, 0.29) is 5.54 Å². The molecule has 0 bridgehead atoms. The summed E-state index contributed by atoms with van der Waals surface area (Å²) in [6.45, 7) is 13.3. The Morgan fingerprint density at radius 3 is 2.75 bits per heavy atom. The highest BCUT2D eigenvalue weighted by molar-refractivity contribution is 7.99. The van der Waals surface area contributed by atoms with E-state index in [1.54, 1.807) is 0 Å². The van der Waals surface area contributed by atoms with Crippen LogP contribution in [0.2, 0.25) is 0 Å². The maximum atomic E-state index is 3.63. The summed E-state index contributed by atoms with van der Waals surface area (Å²) in [5, 5.41) is 3.63. The summed E-state index contributed by atoms with van der Waals surface area (Å²) in [6.07, 6.45) is 0. The van der Waals surface area contributed by atoms with Crippen LogP contribution in [0.3, 0.4) is 0 Å². The fourth-order valence-electron chi connectivity index (χ4n) is 2.58. The number of benzene rings is 1. The maximum Gasteiger partial charge on any atom is 0.0415 e. The van der Waals surface area contributed by atoms with Gasteiger partial charge in [0.1, 0.15) is 0 Å². The summed E-state index contributed by atoms with van der Waals surface area (Å²) in [5.74, 6) is 2.48. The van der Waals surface area contributed by atoms with Crippen LogP contribution in [0.25, 0.3) is 0 Å². The predicted octanol–water partition coefficient (Wildman–Crippen LogP) is 3.82. The lowest BCUT2D eigenvalue weighted by molar-refractivity contribution is 0.424. The number of rotatable bonds is 3. The van der Waals surface area contributed by atoms with Gasteiger partial charge in [-0.15, -0.1) is 0 Å². The average Bonchev–Trinajstić information content (AvgIpc) is 2.37. The Labute approximate surface area is 128 Å². The summed E-state index contributed by atoms with van der Waals surface area (Å²) < 4.78 is 0. The molecule has 0 radical (unpaired) electrons. The van der Waals surface area contributed by atoms with Crippen molar-refractivity contribution in [3.63, 3.8) is 0 Å². The fourth-order valence-corrected chi connectivity index (χ4v) is 3.60. The lowest BCUT2D eigenvalue weighted by Gasteiger charge is -2.37. The molecule has 0 aromatic heterocycles. The van der Waals surface area contributed by atoms with Crippen molar-refractivity contribution < 1.29 is 0 Å². The summed E-state index contributed by atoms with van der Waals surface area (Å²) in [5.41, 5.74) is 4.35. The van der Waals surface area contributed by atoms with Gasteiger partial charge in [-0.05, 0) is 46.2 Å². The second-order valence-corrected chi connectivity index (χ2v) is 8.00. The third kappa shape index (κ3) is 4.16. The van der Waals surface area contributed by atoms with E-state index in [2.05, 4.69) is 74.8 Å². The quantitative estimate of drug-likeness (QED) is 0.911. The molecular formula is C17H28N2S. The highest BCUT2D eigenvalue weighted by Crippen LogP contribution is 2.28. The molecule has 1 atom stereocenters. The molecule has 1 heterocycles. The van der Waals surface area contributed by atoms with E-state index in [0.29, 0.717) is 6.04 Å². The van der Waals surface area contributed by atoms with Gasteiger partial charge in [0.2, 0.25) is 0 Å². The summed E-state index contributed by atoms with van der Waals surface area (Å²) >= 11 is 2.07. The Kier molecular flexibility index (Phi) is 5.03. The number of aryl methyl sites for hydroxylation is 1. The second-order valence-electron chi connectivity index (χ2n) is 6.85. The normalized spacial score (nSPS) is 20.2. The Hall–Kier alpha value is -0.670. The molecule has 20 heavy (non-hydrogen) atoms. The molecule has 0 spiro atoms. The molecule has 1 unspecified atom stereocenters. The molecular weight excluding hydrogens is 264 g/mol. The van der Waals surface area contributed by atoms with Crippen molar-refractivity contribution in [3.05, 3.63) is 29.3 Å². The van der Waals surface area contributed by atoms with Gasteiger partial charge in [0.15, 0.2) is 0 Å². The zero-order valence-electron chi connectivity index (χ0n) is 13.5. The van der Waals surface area contributed by atoms with Gasteiger partial charge in [0.05, 0.1) is 0 Å². The number of hydrogen-bond donors (Lipinski definition) is 1. The van der Waals surface area contributed by atoms with Crippen LogP contribution in [0, 0.1) is 6.92 Å². The topological polar surface area (TPSA) is 15.3 Å². The summed E-state index contributed by atoms with van der Waals surface area (Å²) in [4.78, 5) is 2.58. The zero-order chi connectivity index (χ0) is 14.8. The largest absolute Gasteiger partial charge is 0.367 e. The first-order valence-corrected chi connectivity index (χ1v) is 8.71. The fraction of sp³-hybridized carbons (Fsp3) is 0.647. The van der Waals surface area contributed by atoms with Crippen LogP contribution in [-0.4, -0.2) is 29.6 Å². The third-order valence-corrected chi connectivity index (χ3v) is 4.91. The Morgan fingerprint density at radius 2 is 2.10 bits per heavy atom. The first kappa shape index (κ1) is 15.7. The molecule has 1 aromatic rings. The number of nitrogens with one attached hydrogen (secondary N) is 1. The van der Waals surface area contributed by atoms with Crippen molar-refractivity contribution in [2.24, 2.45) is 0 Å². The first-order valence-electron chi connectivity index (χ1n) is 7.56. The minimum absolute atomic E-state index is 0.157. The van der Waals surface area contributed by atoms with Gasteiger partial charge < -0.3 is 10.2 Å². The van der Waals surface area contributed by atoms with E-state index >= 15 is 0 Å². The van der Waals surface area contributed by atoms with Crippen LogP contribution in [0.5, 0.6) is 0 Å². The van der Waals surface area contributed by atoms with E-state index in [1.165, 1.54) is 28.3 Å². The molecule has 2 rings (SSSR count). The number of nitrogens with zero attached hydrogens (tertiary/aromatic N) is 1. The average molecular weight is 292 g/mol. The number of anilines is 1. The molecule has 0 saturated carbocycles. The standard InChI is InChI=1S/C17H28N2S/c1-13-6-7-16(19-8-9-20-12-14(19)2)15(10-13)11-18-17(3,4)5/h6-7,10,14,18H,8-9,11-12H2,1-5H3. The SMILES string of the molecule is Cc1ccc(N2CCSCC2C)c(CNC(C)(C)C)c1. The van der Waals surface area contributed by atoms with Gasteiger partial charge in [-0.1, -0.05) is 17.7 Å². The highest BCUT2D eigenvalue weighted by atomic mass is 32.2. The first-order chi connectivity index (χ1) is 9.37. The highest BCUT2D eigenvalue weighted by Gasteiger charge is 2.21. The molecule has 1 fully saturated rings. The molecule has 1 aliphatic heterocycles. The van der Waals surface area contributed by atoms with Crippen molar-refractivity contribution in [1.29, 1.82) is 0 Å². The Bertz CT molecular complexity index is 451. The molecule has 1 aliphatic rings. The molecule has 3 heteroatoms. The van der Waals surface area contributed by atoms with E-state index in [1.807, 2.05) is 0 Å². The van der Waals surface area contributed by atoms with Crippen LogP contribution in [0.1, 0.15) is 38.8 Å². The van der Waals surface area contributed by atoms with Crippen molar-refractivity contribution in [3.8, 4) is 0 Å². The third-order valence-electron chi connectivity index (χ3n) is 3.72. The van der Waals surface area contributed by atoms with Crippen LogP contribution >= 0.6 is 11.8 Å². The lowest BCUT2D eigenvalue weighted by atomic mass is 10.0. The number of thioether (sulfide) groups is 1. The minimum Gasteiger partial charge on any atom is -0.367 e. The van der Waals surface area contributed by atoms with Crippen LogP contribution in [0.4, 0.5) is 5.69 Å². The van der Waals surface area contributed by atoms with Crippen molar-refractivity contribution >= 4 is 17.4 Å². The second kappa shape index (κ2) is 6.40. The molecule has 1 aromatic carbocycles. The Morgan fingerprint density at radius 1 is 1.35 bits per heavy atom. The molecule has 2 nitrogen and oxygen atoms in total. The van der Waals surface area contributed by atoms with Crippen LogP contribution in [-0.2, 0) is 6.54 Å². The monoisotopic (exact) mass is 292 g/mol. The predicted molar refractivity (Wildman–Crippen MR) is 91.9 cm³/mol. The van der Waals surface area contributed by atoms with E-state index in [9.17, 15) is 0 Å². The lowest BCUT2D eigenvalue weighted by Crippen LogP contribution is -2.41.